The number of amides is 3. The van der Waals surface area contributed by atoms with Crippen LogP contribution in [0.2, 0.25) is 0 Å². The number of nitrogens with two attached hydrogens (primary N) is 1. The molecule has 210 valence electrons. The van der Waals surface area contributed by atoms with E-state index in [0.717, 1.165) is 20.8 Å². The number of ether oxygens (including phenoxy) is 1. The molecular weight excluding hydrogens is 584 g/mol. The van der Waals surface area contributed by atoms with Crippen LogP contribution in [-0.4, -0.2) is 44.0 Å². The van der Waals surface area contributed by atoms with E-state index in [9.17, 15) is 14.4 Å². The molecule has 0 aromatic heterocycles. The van der Waals surface area contributed by atoms with Gasteiger partial charge in [0.05, 0.1) is 30.9 Å². The highest BCUT2D eigenvalue weighted by Crippen LogP contribution is 2.40. The van der Waals surface area contributed by atoms with Gasteiger partial charge >= 0.3 is 0 Å². The number of nitrogens with zero attached hydrogens (tertiary/aromatic N) is 2. The number of likely N-dealkylation sites (N-methyl/N-ethyl adjacent to an activating group) is 1. The van der Waals surface area contributed by atoms with E-state index < -0.39 is 17.4 Å². The SMILES string of the molecule is CNC(C)(C(N)=O)[C@@H]1CN(C(=O)c2ccccc2)c2ccccc2N(Cc2c(OC)ccc3cc(Br)ccc23)C1=O. The van der Waals surface area contributed by atoms with Crippen molar-refractivity contribution in [3.8, 4) is 5.75 Å². The molecule has 8 nitrogen and oxygen atoms in total. The molecule has 0 radical (unpaired) electrons. The molecule has 0 bridgehead atoms. The van der Waals surface area contributed by atoms with Crippen LogP contribution in [0.4, 0.5) is 11.4 Å². The predicted octanol–water partition coefficient (Wildman–Crippen LogP) is 4.88. The van der Waals surface area contributed by atoms with Crippen LogP contribution in [0.15, 0.2) is 89.4 Å². The second-order valence-corrected chi connectivity index (χ2v) is 11.1. The number of carbonyl (C=O) groups excluding carboxylic acids is 3. The number of primary amides is 1. The summed E-state index contributed by atoms with van der Waals surface area (Å²) in [6.07, 6.45) is 0. The van der Waals surface area contributed by atoms with Crippen molar-refractivity contribution < 1.29 is 19.1 Å². The number of hydrogen-bond acceptors (Lipinski definition) is 5. The number of rotatable bonds is 7. The van der Waals surface area contributed by atoms with Crippen molar-refractivity contribution in [1.82, 2.24) is 5.32 Å². The van der Waals surface area contributed by atoms with Crippen LogP contribution in [0.3, 0.4) is 0 Å². The average Bonchev–Trinajstić information content (AvgIpc) is 3.11. The molecule has 4 aromatic rings. The van der Waals surface area contributed by atoms with Crippen molar-refractivity contribution in [3.05, 3.63) is 101 Å². The monoisotopic (exact) mass is 614 g/mol. The molecule has 0 aliphatic carbocycles. The maximum atomic E-state index is 14.6. The molecule has 1 unspecified atom stereocenters. The summed E-state index contributed by atoms with van der Waals surface area (Å²) in [5.74, 6) is -1.70. The van der Waals surface area contributed by atoms with Gasteiger partial charge in [0.1, 0.15) is 11.3 Å². The Kier molecular flexibility index (Phi) is 7.84. The maximum absolute atomic E-state index is 14.6. The Balaban J connectivity index is 1.73. The summed E-state index contributed by atoms with van der Waals surface area (Å²) in [6, 6.07) is 25.9. The quantitative estimate of drug-likeness (QED) is 0.308. The summed E-state index contributed by atoms with van der Waals surface area (Å²) in [5.41, 5.74) is 6.82. The topological polar surface area (TPSA) is 105 Å². The fourth-order valence-electron chi connectivity index (χ4n) is 5.43. The number of hydrogen-bond donors (Lipinski definition) is 2. The van der Waals surface area contributed by atoms with Gasteiger partial charge < -0.3 is 25.6 Å². The van der Waals surface area contributed by atoms with Gasteiger partial charge in [-0.3, -0.25) is 14.4 Å². The first-order chi connectivity index (χ1) is 19.7. The van der Waals surface area contributed by atoms with Crippen LogP contribution in [0.1, 0.15) is 22.8 Å². The Morgan fingerprint density at radius 1 is 1.02 bits per heavy atom. The standard InChI is InChI=1S/C32H31BrN4O4/c1-32(35-2,31(34)40)25-19-37(29(38)20-9-5-4-6-10-20)27-12-8-7-11-26(27)36(30(25)39)18-24-23-15-14-22(33)17-21(23)13-16-28(24)41-3/h4-17,25,35H,18-19H2,1-3H3,(H2,34,40)/t25-,32?/m1/s1. The van der Waals surface area contributed by atoms with E-state index in [0.29, 0.717) is 22.7 Å². The van der Waals surface area contributed by atoms with Gasteiger partial charge in [-0.25, -0.2) is 0 Å². The Hall–Kier alpha value is -4.21. The second-order valence-electron chi connectivity index (χ2n) is 10.2. The van der Waals surface area contributed by atoms with E-state index in [1.165, 1.54) is 0 Å². The zero-order chi connectivity index (χ0) is 29.3. The molecular formula is C32H31BrN4O4. The van der Waals surface area contributed by atoms with Crippen LogP contribution in [0, 0.1) is 5.92 Å². The normalized spacial score (nSPS) is 16.6. The summed E-state index contributed by atoms with van der Waals surface area (Å²) < 4.78 is 6.68. The number of halogens is 1. The molecule has 9 heteroatoms. The van der Waals surface area contributed by atoms with Crippen molar-refractivity contribution in [1.29, 1.82) is 0 Å². The van der Waals surface area contributed by atoms with Crippen LogP contribution in [0.25, 0.3) is 10.8 Å². The first-order valence-electron chi connectivity index (χ1n) is 13.2. The summed E-state index contributed by atoms with van der Waals surface area (Å²) >= 11 is 3.54. The number of fused-ring (bicyclic) bond motifs is 2. The van der Waals surface area contributed by atoms with Gasteiger partial charge in [-0.15, -0.1) is 0 Å². The van der Waals surface area contributed by atoms with E-state index in [1.54, 1.807) is 55.1 Å². The number of carbonyl (C=O) groups is 3. The number of nitrogens with one attached hydrogen (secondary N) is 1. The molecule has 5 rings (SSSR count). The molecule has 2 atom stereocenters. The van der Waals surface area contributed by atoms with Gasteiger partial charge in [0, 0.05) is 22.1 Å². The smallest absolute Gasteiger partial charge is 0.258 e. The Bertz CT molecular complexity index is 1640. The Labute approximate surface area is 247 Å². The fraction of sp³-hybridized carbons (Fsp3) is 0.219. The molecule has 1 aliphatic rings. The third-order valence-corrected chi connectivity index (χ3v) is 8.47. The highest BCUT2D eigenvalue weighted by molar-refractivity contribution is 9.10. The third kappa shape index (κ3) is 5.07. The van der Waals surface area contributed by atoms with E-state index in [-0.39, 0.29) is 24.9 Å². The van der Waals surface area contributed by atoms with E-state index in [2.05, 4.69) is 21.2 Å². The Morgan fingerprint density at radius 2 is 1.71 bits per heavy atom. The highest BCUT2D eigenvalue weighted by Gasteiger charge is 2.48. The summed E-state index contributed by atoms with van der Waals surface area (Å²) in [4.78, 5) is 44.6. The average molecular weight is 616 g/mol. The lowest BCUT2D eigenvalue weighted by atomic mass is 9.83. The van der Waals surface area contributed by atoms with E-state index >= 15 is 0 Å². The van der Waals surface area contributed by atoms with Crippen molar-refractivity contribution in [2.24, 2.45) is 11.7 Å². The first-order valence-corrected chi connectivity index (χ1v) is 14.0. The molecule has 0 saturated heterocycles. The molecule has 0 spiro atoms. The minimum absolute atomic E-state index is 0.0556. The zero-order valence-corrected chi connectivity index (χ0v) is 24.6. The zero-order valence-electron chi connectivity index (χ0n) is 23.1. The van der Waals surface area contributed by atoms with Gasteiger partial charge in [-0.05, 0) is 67.2 Å². The van der Waals surface area contributed by atoms with Crippen molar-refractivity contribution in [2.45, 2.75) is 19.0 Å². The molecule has 1 heterocycles. The molecule has 41 heavy (non-hydrogen) atoms. The minimum Gasteiger partial charge on any atom is -0.496 e. The molecule has 3 amide bonds. The van der Waals surface area contributed by atoms with Gasteiger partial charge in [-0.2, -0.15) is 0 Å². The lowest BCUT2D eigenvalue weighted by molar-refractivity contribution is -0.133. The van der Waals surface area contributed by atoms with Gasteiger partial charge in [0.2, 0.25) is 11.8 Å². The summed E-state index contributed by atoms with van der Waals surface area (Å²) in [7, 11) is 3.19. The molecule has 3 N–H and O–H groups in total. The third-order valence-electron chi connectivity index (χ3n) is 7.97. The van der Waals surface area contributed by atoms with Gasteiger partial charge in [0.15, 0.2) is 0 Å². The number of para-hydroxylation sites is 2. The van der Waals surface area contributed by atoms with Gasteiger partial charge in [-0.1, -0.05) is 58.4 Å². The number of benzene rings is 4. The lowest BCUT2D eigenvalue weighted by Gasteiger charge is -2.36. The predicted molar refractivity (Wildman–Crippen MR) is 164 cm³/mol. The fourth-order valence-corrected chi connectivity index (χ4v) is 5.81. The number of anilines is 2. The van der Waals surface area contributed by atoms with E-state index in [1.807, 2.05) is 60.7 Å². The molecule has 4 aromatic carbocycles. The summed E-state index contributed by atoms with van der Waals surface area (Å²) in [5, 5.41) is 4.88. The first kappa shape index (κ1) is 28.3. The lowest BCUT2D eigenvalue weighted by Crippen LogP contribution is -2.63. The summed E-state index contributed by atoms with van der Waals surface area (Å²) in [6.45, 7) is 1.69. The molecule has 0 fully saturated rings. The van der Waals surface area contributed by atoms with Gasteiger partial charge in [0.25, 0.3) is 5.91 Å². The second kappa shape index (κ2) is 11.3. The van der Waals surface area contributed by atoms with Crippen molar-refractivity contribution in [2.75, 3.05) is 30.5 Å². The Morgan fingerprint density at radius 3 is 2.37 bits per heavy atom. The van der Waals surface area contributed by atoms with Crippen LogP contribution in [-0.2, 0) is 16.1 Å². The van der Waals surface area contributed by atoms with Crippen molar-refractivity contribution in [3.63, 3.8) is 0 Å². The van der Waals surface area contributed by atoms with Crippen LogP contribution < -0.4 is 25.6 Å². The van der Waals surface area contributed by atoms with E-state index in [4.69, 9.17) is 10.5 Å². The van der Waals surface area contributed by atoms with Crippen molar-refractivity contribution >= 4 is 55.8 Å². The maximum Gasteiger partial charge on any atom is 0.258 e. The highest BCUT2D eigenvalue weighted by atomic mass is 79.9. The number of methoxy groups -OCH3 is 1. The van der Waals surface area contributed by atoms with Crippen LogP contribution in [0.5, 0.6) is 5.75 Å². The van der Waals surface area contributed by atoms with Crippen LogP contribution >= 0.6 is 15.9 Å². The minimum atomic E-state index is -1.44. The largest absolute Gasteiger partial charge is 0.496 e. The molecule has 1 aliphatic heterocycles. The molecule has 0 saturated carbocycles.